The Hall–Kier alpha value is -2.54. The topological polar surface area (TPSA) is 49.4 Å². The van der Waals surface area contributed by atoms with E-state index in [9.17, 15) is 22.8 Å². The number of likely N-dealkylation sites (tertiary alicyclic amines) is 1. The molecule has 0 aromatic heterocycles. The van der Waals surface area contributed by atoms with E-state index in [-0.39, 0.29) is 29.6 Å². The molecule has 1 unspecified atom stereocenters. The van der Waals surface area contributed by atoms with E-state index < -0.39 is 23.7 Å². The van der Waals surface area contributed by atoms with Gasteiger partial charge in [0.05, 0.1) is 16.3 Å². The number of anilines is 1. The number of halogens is 4. The molecule has 0 spiro atoms. The summed E-state index contributed by atoms with van der Waals surface area (Å²) in [5.74, 6) is -0.729. The van der Waals surface area contributed by atoms with Gasteiger partial charge in [0.1, 0.15) is 6.04 Å². The molecule has 1 fully saturated rings. The smallest absolute Gasteiger partial charge is 0.326 e. The van der Waals surface area contributed by atoms with Crippen molar-refractivity contribution >= 4 is 29.1 Å². The summed E-state index contributed by atoms with van der Waals surface area (Å²) < 4.78 is 38.7. The minimum Gasteiger partial charge on any atom is -0.326 e. The zero-order valence-corrected chi connectivity index (χ0v) is 14.8. The lowest BCUT2D eigenvalue weighted by atomic mass is 10.1. The molecule has 0 aliphatic carbocycles. The zero-order chi connectivity index (χ0) is 19.6. The third-order valence-corrected chi connectivity index (χ3v) is 4.71. The van der Waals surface area contributed by atoms with Crippen molar-refractivity contribution in [3.63, 3.8) is 0 Å². The van der Waals surface area contributed by atoms with Crippen LogP contribution in [0.2, 0.25) is 5.02 Å². The molecule has 0 saturated carbocycles. The van der Waals surface area contributed by atoms with Crippen LogP contribution >= 0.6 is 11.6 Å². The minimum atomic E-state index is -4.55. The van der Waals surface area contributed by atoms with Crippen molar-refractivity contribution in [1.82, 2.24) is 4.90 Å². The van der Waals surface area contributed by atoms with E-state index in [1.165, 1.54) is 4.90 Å². The van der Waals surface area contributed by atoms with Gasteiger partial charge in [-0.15, -0.1) is 0 Å². The SMILES string of the molecule is O=C(Nc1cc(C(F)(F)F)ccc1Cl)C1CCC(=O)N1Cc1ccccc1. The number of rotatable bonds is 4. The van der Waals surface area contributed by atoms with Gasteiger partial charge in [0, 0.05) is 13.0 Å². The van der Waals surface area contributed by atoms with Crippen molar-refractivity contribution in [2.75, 3.05) is 5.32 Å². The van der Waals surface area contributed by atoms with Crippen LogP contribution in [0.15, 0.2) is 48.5 Å². The summed E-state index contributed by atoms with van der Waals surface area (Å²) in [6, 6.07) is 11.1. The first-order valence-electron chi connectivity index (χ1n) is 8.26. The van der Waals surface area contributed by atoms with Crippen LogP contribution in [-0.4, -0.2) is 22.8 Å². The maximum Gasteiger partial charge on any atom is 0.416 e. The minimum absolute atomic E-state index is 0.00437. The first kappa shape index (κ1) is 19.2. The molecule has 0 bridgehead atoms. The summed E-state index contributed by atoms with van der Waals surface area (Å²) in [5, 5.41) is 2.43. The Labute approximate surface area is 158 Å². The van der Waals surface area contributed by atoms with E-state index in [0.29, 0.717) is 6.42 Å². The number of nitrogens with zero attached hydrogens (tertiary/aromatic N) is 1. The molecule has 4 nitrogen and oxygen atoms in total. The molecule has 2 aromatic rings. The maximum absolute atomic E-state index is 12.9. The fourth-order valence-electron chi connectivity index (χ4n) is 3.00. The number of carbonyl (C=O) groups excluding carboxylic acids is 2. The average molecular weight is 397 g/mol. The highest BCUT2D eigenvalue weighted by Gasteiger charge is 2.36. The fourth-order valence-corrected chi connectivity index (χ4v) is 3.16. The Bertz CT molecular complexity index is 856. The van der Waals surface area contributed by atoms with Crippen molar-refractivity contribution in [2.24, 2.45) is 0 Å². The van der Waals surface area contributed by atoms with Gasteiger partial charge in [-0.05, 0) is 30.2 Å². The Morgan fingerprint density at radius 2 is 1.89 bits per heavy atom. The van der Waals surface area contributed by atoms with Crippen LogP contribution in [-0.2, 0) is 22.3 Å². The summed E-state index contributed by atoms with van der Waals surface area (Å²) in [6.07, 6.45) is -4.04. The van der Waals surface area contributed by atoms with Crippen LogP contribution in [0.25, 0.3) is 0 Å². The highest BCUT2D eigenvalue weighted by atomic mass is 35.5. The molecule has 2 amide bonds. The molecule has 0 radical (unpaired) electrons. The van der Waals surface area contributed by atoms with Crippen molar-refractivity contribution in [1.29, 1.82) is 0 Å². The van der Waals surface area contributed by atoms with Crippen LogP contribution in [0.5, 0.6) is 0 Å². The molecule has 1 atom stereocenters. The number of amides is 2. The number of nitrogens with one attached hydrogen (secondary N) is 1. The third-order valence-electron chi connectivity index (χ3n) is 4.38. The van der Waals surface area contributed by atoms with Crippen LogP contribution in [0.3, 0.4) is 0 Å². The lowest BCUT2D eigenvalue weighted by molar-refractivity contribution is -0.137. The van der Waals surface area contributed by atoms with Gasteiger partial charge in [0.25, 0.3) is 0 Å². The summed E-state index contributed by atoms with van der Waals surface area (Å²) in [5.41, 5.74) is -0.177. The standard InChI is InChI=1S/C19H16ClF3N2O2/c20-14-7-6-13(19(21,22)23)10-15(14)24-18(27)16-8-9-17(26)25(16)11-12-4-2-1-3-5-12/h1-7,10,16H,8-9,11H2,(H,24,27). The zero-order valence-electron chi connectivity index (χ0n) is 14.1. The highest BCUT2D eigenvalue weighted by Crippen LogP contribution is 2.34. The van der Waals surface area contributed by atoms with Gasteiger partial charge in [-0.3, -0.25) is 9.59 Å². The number of alkyl halides is 3. The first-order valence-corrected chi connectivity index (χ1v) is 8.64. The lowest BCUT2D eigenvalue weighted by Crippen LogP contribution is -2.41. The normalized spacial score (nSPS) is 17.3. The maximum atomic E-state index is 12.9. The summed E-state index contributed by atoms with van der Waals surface area (Å²) in [7, 11) is 0. The first-order chi connectivity index (χ1) is 12.8. The van der Waals surface area contributed by atoms with E-state index >= 15 is 0 Å². The van der Waals surface area contributed by atoms with E-state index in [2.05, 4.69) is 5.32 Å². The quantitative estimate of drug-likeness (QED) is 0.827. The summed E-state index contributed by atoms with van der Waals surface area (Å²) in [6.45, 7) is 0.258. The van der Waals surface area contributed by atoms with E-state index in [1.807, 2.05) is 30.3 Å². The van der Waals surface area contributed by atoms with Gasteiger partial charge >= 0.3 is 6.18 Å². The monoisotopic (exact) mass is 396 g/mol. The predicted molar refractivity (Wildman–Crippen MR) is 95.1 cm³/mol. The third kappa shape index (κ3) is 4.42. The van der Waals surface area contributed by atoms with Crippen molar-refractivity contribution in [3.8, 4) is 0 Å². The fraction of sp³-hybridized carbons (Fsp3) is 0.263. The number of benzene rings is 2. The molecule has 142 valence electrons. The van der Waals surface area contributed by atoms with Gasteiger partial charge < -0.3 is 10.2 Å². The Balaban J connectivity index is 1.78. The van der Waals surface area contributed by atoms with Gasteiger partial charge in [-0.2, -0.15) is 13.2 Å². The molecule has 1 aliphatic rings. The largest absolute Gasteiger partial charge is 0.416 e. The van der Waals surface area contributed by atoms with Crippen molar-refractivity contribution in [3.05, 3.63) is 64.7 Å². The van der Waals surface area contributed by atoms with Gasteiger partial charge in [0.15, 0.2) is 0 Å². The molecule has 2 aromatic carbocycles. The van der Waals surface area contributed by atoms with Crippen LogP contribution < -0.4 is 5.32 Å². The second-order valence-corrected chi connectivity index (χ2v) is 6.65. The number of carbonyl (C=O) groups is 2. The van der Waals surface area contributed by atoms with E-state index in [0.717, 1.165) is 23.8 Å². The highest BCUT2D eigenvalue weighted by molar-refractivity contribution is 6.33. The number of hydrogen-bond acceptors (Lipinski definition) is 2. The van der Waals surface area contributed by atoms with Gasteiger partial charge in [-0.1, -0.05) is 41.9 Å². The summed E-state index contributed by atoms with van der Waals surface area (Å²) >= 11 is 5.93. The molecule has 1 aliphatic heterocycles. The average Bonchev–Trinajstić information content (AvgIpc) is 2.97. The molecular weight excluding hydrogens is 381 g/mol. The Kier molecular flexibility index (Phi) is 5.41. The Morgan fingerprint density at radius 1 is 1.19 bits per heavy atom. The molecule has 1 N–H and O–H groups in total. The molecule has 8 heteroatoms. The number of hydrogen-bond donors (Lipinski definition) is 1. The second kappa shape index (κ2) is 7.60. The van der Waals surface area contributed by atoms with Crippen molar-refractivity contribution in [2.45, 2.75) is 31.6 Å². The van der Waals surface area contributed by atoms with Gasteiger partial charge in [0.2, 0.25) is 11.8 Å². The van der Waals surface area contributed by atoms with Gasteiger partial charge in [-0.25, -0.2) is 0 Å². The van der Waals surface area contributed by atoms with Crippen LogP contribution in [0.4, 0.5) is 18.9 Å². The molecular formula is C19H16ClF3N2O2. The Morgan fingerprint density at radius 3 is 2.56 bits per heavy atom. The second-order valence-electron chi connectivity index (χ2n) is 6.24. The molecule has 1 heterocycles. The molecule has 27 heavy (non-hydrogen) atoms. The molecule has 3 rings (SSSR count). The molecule has 1 saturated heterocycles. The van der Waals surface area contributed by atoms with Crippen LogP contribution in [0, 0.1) is 0 Å². The predicted octanol–water partition coefficient (Wildman–Crippen LogP) is 4.49. The lowest BCUT2D eigenvalue weighted by Gasteiger charge is -2.24. The van der Waals surface area contributed by atoms with Crippen molar-refractivity contribution < 1.29 is 22.8 Å². The van der Waals surface area contributed by atoms with E-state index in [1.54, 1.807) is 0 Å². The van der Waals surface area contributed by atoms with Crippen LogP contribution in [0.1, 0.15) is 24.0 Å². The van der Waals surface area contributed by atoms with E-state index in [4.69, 9.17) is 11.6 Å². The summed E-state index contributed by atoms with van der Waals surface area (Å²) in [4.78, 5) is 26.2.